The first kappa shape index (κ1) is 17.5. The number of rotatable bonds is 2. The zero-order chi connectivity index (χ0) is 18.3. The van der Waals surface area contributed by atoms with E-state index < -0.39 is 0 Å². The molecule has 0 N–H and O–H groups in total. The van der Waals surface area contributed by atoms with Gasteiger partial charge in [0.25, 0.3) is 0 Å². The second-order valence-corrected chi connectivity index (χ2v) is 7.81. The molecule has 0 saturated heterocycles. The van der Waals surface area contributed by atoms with Gasteiger partial charge in [0, 0.05) is 0 Å². The molecule has 5 aromatic rings. The highest BCUT2D eigenvalue weighted by Gasteiger charge is 1.95. The van der Waals surface area contributed by atoms with Crippen molar-refractivity contribution in [2.75, 3.05) is 0 Å². The van der Waals surface area contributed by atoms with E-state index in [4.69, 9.17) is 0 Å². The summed E-state index contributed by atoms with van der Waals surface area (Å²) >= 11 is 0. The molecule has 0 bridgehead atoms. The van der Waals surface area contributed by atoms with Gasteiger partial charge in [-0.2, -0.15) is 0 Å². The molecule has 0 nitrogen and oxygen atoms in total. The van der Waals surface area contributed by atoms with Gasteiger partial charge in [-0.3, -0.25) is 0 Å². The lowest BCUT2D eigenvalue weighted by Crippen LogP contribution is -2.01. The number of hydrogen-bond acceptors (Lipinski definition) is 0. The van der Waals surface area contributed by atoms with Crippen molar-refractivity contribution < 1.29 is 0 Å². The fourth-order valence-corrected chi connectivity index (χ4v) is 4.14. The van der Waals surface area contributed by atoms with Gasteiger partial charge in [0.05, 0.1) is 0 Å². The van der Waals surface area contributed by atoms with Gasteiger partial charge in [0.1, 0.15) is 0 Å². The van der Waals surface area contributed by atoms with E-state index >= 15 is 0 Å². The lowest BCUT2D eigenvalue weighted by molar-refractivity contribution is 1.76. The third-order valence-corrected chi connectivity index (χ3v) is 5.69. The number of hydrogen-bond donors (Lipinski definition) is 0. The molecule has 0 spiro atoms. The van der Waals surface area contributed by atoms with Crippen molar-refractivity contribution >= 4 is 40.7 Å². The zero-order valence-electron chi connectivity index (χ0n) is 15.0. The minimum Gasteiger partial charge on any atom is -0.0622 e. The summed E-state index contributed by atoms with van der Waals surface area (Å²) in [7, 11) is 0.777. The summed E-state index contributed by atoms with van der Waals surface area (Å²) in [5, 5.41) is 8.04. The van der Waals surface area contributed by atoms with Crippen LogP contribution in [-0.2, 0) is 0 Å². The molecule has 0 saturated carbocycles. The Morgan fingerprint density at radius 2 is 0.630 bits per heavy atom. The van der Waals surface area contributed by atoms with Crippen LogP contribution in [0, 0.1) is 0 Å². The van der Waals surface area contributed by atoms with Gasteiger partial charge in [0.15, 0.2) is 0 Å². The zero-order valence-corrected chi connectivity index (χ0v) is 16.0. The first-order valence-electron chi connectivity index (χ1n) is 9.13. The summed E-state index contributed by atoms with van der Waals surface area (Å²) < 4.78 is 0. The van der Waals surface area contributed by atoms with Crippen molar-refractivity contribution in [3.63, 3.8) is 0 Å². The van der Waals surface area contributed by atoms with Gasteiger partial charge in [0.2, 0.25) is 0 Å². The Morgan fingerprint density at radius 3 is 0.963 bits per heavy atom. The average molecular weight is 364 g/mol. The predicted molar refractivity (Wildman–Crippen MR) is 122 cm³/mol. The summed E-state index contributed by atoms with van der Waals surface area (Å²) in [6.07, 6.45) is 0. The van der Waals surface area contributed by atoms with Crippen LogP contribution in [0.1, 0.15) is 0 Å². The third-order valence-electron chi connectivity index (χ3n) is 4.45. The second kappa shape index (κ2) is 8.62. The highest BCUT2D eigenvalue weighted by Crippen LogP contribution is 2.22. The minimum absolute atomic E-state index is 0.777. The summed E-state index contributed by atoms with van der Waals surface area (Å²) in [6, 6.07) is 42.6. The quantitative estimate of drug-likeness (QED) is 0.254. The largest absolute Gasteiger partial charge is 0.0622 e. The lowest BCUT2D eigenvalue weighted by Gasteiger charge is -2.00. The van der Waals surface area contributed by atoms with Crippen LogP contribution in [0.15, 0.2) is 121 Å². The van der Waals surface area contributed by atoms with Crippen molar-refractivity contribution in [1.82, 2.24) is 0 Å². The topological polar surface area (TPSA) is 0 Å². The molecule has 0 aromatic heterocycles. The van der Waals surface area contributed by atoms with Crippen molar-refractivity contribution in [2.45, 2.75) is 0 Å². The summed E-state index contributed by atoms with van der Waals surface area (Å²) in [4.78, 5) is 0. The maximum absolute atomic E-state index is 2.24. The summed E-state index contributed by atoms with van der Waals surface area (Å²) in [6.45, 7) is 0. The molecule has 0 heterocycles. The Labute approximate surface area is 162 Å². The van der Waals surface area contributed by atoms with E-state index in [9.17, 15) is 0 Å². The van der Waals surface area contributed by atoms with E-state index in [0.29, 0.717) is 0 Å². The standard InChI is InChI=1S/C14H10.C12H11P/c1-2-6-12-10-14-8-4-3-7-13(14)9-11(12)5-1;1-3-7-11(8-4-1)13-12-9-5-2-6-10-12/h1-10H;1-10,13H. The molecule has 0 unspecified atom stereocenters. The van der Waals surface area contributed by atoms with Crippen molar-refractivity contribution in [1.29, 1.82) is 0 Å². The van der Waals surface area contributed by atoms with Crippen LogP contribution in [0.3, 0.4) is 0 Å². The summed E-state index contributed by atoms with van der Waals surface area (Å²) in [5.41, 5.74) is 0. The minimum atomic E-state index is 0.777. The van der Waals surface area contributed by atoms with Crippen LogP contribution < -0.4 is 10.6 Å². The Kier molecular flexibility index (Phi) is 5.58. The molecular weight excluding hydrogens is 343 g/mol. The van der Waals surface area contributed by atoms with Crippen LogP contribution >= 0.6 is 8.58 Å². The maximum atomic E-state index is 2.24. The second-order valence-electron chi connectivity index (χ2n) is 6.40. The van der Waals surface area contributed by atoms with Crippen molar-refractivity contribution in [3.8, 4) is 0 Å². The molecule has 5 aromatic carbocycles. The molecule has 0 radical (unpaired) electrons. The van der Waals surface area contributed by atoms with Gasteiger partial charge in [-0.25, -0.2) is 0 Å². The SMILES string of the molecule is c1ccc(Pc2ccccc2)cc1.c1ccc2cc3ccccc3cc2c1. The molecule has 1 heteroatoms. The van der Waals surface area contributed by atoms with Crippen LogP contribution in [0.25, 0.3) is 21.5 Å². The van der Waals surface area contributed by atoms with E-state index in [1.165, 1.54) is 32.2 Å². The lowest BCUT2D eigenvalue weighted by atomic mass is 10.0. The van der Waals surface area contributed by atoms with Gasteiger partial charge in [-0.1, -0.05) is 118 Å². The van der Waals surface area contributed by atoms with Crippen molar-refractivity contribution in [2.24, 2.45) is 0 Å². The van der Waals surface area contributed by atoms with E-state index in [2.05, 4.69) is 121 Å². The molecule has 0 amide bonds. The Balaban J connectivity index is 0.000000134. The molecule has 130 valence electrons. The monoisotopic (exact) mass is 364 g/mol. The smallest absolute Gasteiger partial charge is 0.0178 e. The van der Waals surface area contributed by atoms with E-state index in [0.717, 1.165) is 8.58 Å². The first-order chi connectivity index (χ1) is 13.4. The Morgan fingerprint density at radius 1 is 0.333 bits per heavy atom. The molecule has 0 aliphatic rings. The normalized spacial score (nSPS) is 10.4. The summed E-state index contributed by atoms with van der Waals surface area (Å²) in [5.74, 6) is 0. The highest BCUT2D eigenvalue weighted by atomic mass is 31.1. The molecule has 0 aliphatic heterocycles. The van der Waals surface area contributed by atoms with Gasteiger partial charge in [-0.05, 0) is 44.3 Å². The highest BCUT2D eigenvalue weighted by molar-refractivity contribution is 7.55. The number of benzene rings is 5. The van der Waals surface area contributed by atoms with Crippen LogP contribution in [0.5, 0.6) is 0 Å². The van der Waals surface area contributed by atoms with Crippen LogP contribution in [0.2, 0.25) is 0 Å². The van der Waals surface area contributed by atoms with Crippen molar-refractivity contribution in [3.05, 3.63) is 121 Å². The first-order valence-corrected chi connectivity index (χ1v) is 10.1. The molecule has 5 rings (SSSR count). The van der Waals surface area contributed by atoms with E-state index in [1.54, 1.807) is 0 Å². The fourth-order valence-electron chi connectivity index (χ4n) is 3.09. The van der Waals surface area contributed by atoms with Crippen LogP contribution in [-0.4, -0.2) is 0 Å². The fraction of sp³-hybridized carbons (Fsp3) is 0. The Hall–Kier alpha value is -2.95. The third kappa shape index (κ3) is 4.61. The Bertz CT molecular complexity index is 989. The number of fused-ring (bicyclic) bond motifs is 2. The van der Waals surface area contributed by atoms with Gasteiger partial charge in [-0.15, -0.1) is 0 Å². The van der Waals surface area contributed by atoms with Gasteiger partial charge < -0.3 is 0 Å². The maximum Gasteiger partial charge on any atom is -0.0178 e. The van der Waals surface area contributed by atoms with Gasteiger partial charge >= 0.3 is 0 Å². The van der Waals surface area contributed by atoms with E-state index in [-0.39, 0.29) is 0 Å². The molecule has 0 aliphatic carbocycles. The molecule has 0 atom stereocenters. The predicted octanol–water partition coefficient (Wildman–Crippen LogP) is 6.31. The average Bonchev–Trinajstić information content (AvgIpc) is 2.74. The molecular formula is C26H21P. The molecule has 27 heavy (non-hydrogen) atoms. The van der Waals surface area contributed by atoms with E-state index in [1.807, 2.05) is 0 Å². The van der Waals surface area contributed by atoms with Crippen LogP contribution in [0.4, 0.5) is 0 Å². The molecule has 0 fully saturated rings.